The molecule has 17 heavy (non-hydrogen) atoms. The standard InChI is InChI=1S/C12H12FNO3/c1-15-9-4-11(13)10(6-14)12(5-9)17-8-2-3-16-7-8/h4-5,8H,2-3,7H2,1H3. The van der Waals surface area contributed by atoms with E-state index in [9.17, 15) is 4.39 Å². The summed E-state index contributed by atoms with van der Waals surface area (Å²) in [6.07, 6.45) is 0.609. The molecule has 0 spiro atoms. The number of benzene rings is 1. The minimum Gasteiger partial charge on any atom is -0.497 e. The predicted molar refractivity (Wildman–Crippen MR) is 57.5 cm³/mol. The number of hydrogen-bond donors (Lipinski definition) is 0. The molecular weight excluding hydrogens is 225 g/mol. The van der Waals surface area contributed by atoms with Gasteiger partial charge in [0.1, 0.15) is 35.1 Å². The Kier molecular flexibility index (Phi) is 3.45. The average molecular weight is 237 g/mol. The van der Waals surface area contributed by atoms with Crippen LogP contribution < -0.4 is 9.47 Å². The van der Waals surface area contributed by atoms with E-state index in [1.807, 2.05) is 0 Å². The van der Waals surface area contributed by atoms with Gasteiger partial charge in [-0.2, -0.15) is 5.26 Å². The molecule has 0 radical (unpaired) electrons. The molecule has 1 atom stereocenters. The van der Waals surface area contributed by atoms with Gasteiger partial charge >= 0.3 is 0 Å². The van der Waals surface area contributed by atoms with E-state index in [0.717, 1.165) is 12.5 Å². The van der Waals surface area contributed by atoms with E-state index >= 15 is 0 Å². The topological polar surface area (TPSA) is 51.5 Å². The molecule has 0 saturated carbocycles. The Morgan fingerprint density at radius 1 is 1.53 bits per heavy atom. The first-order chi connectivity index (χ1) is 8.24. The van der Waals surface area contributed by atoms with Crippen LogP contribution in [-0.4, -0.2) is 26.4 Å². The Morgan fingerprint density at radius 3 is 2.94 bits per heavy atom. The molecule has 5 heteroatoms. The highest BCUT2D eigenvalue weighted by molar-refractivity contribution is 5.48. The fraction of sp³-hybridized carbons (Fsp3) is 0.417. The summed E-state index contributed by atoms with van der Waals surface area (Å²) in [7, 11) is 1.43. The minimum absolute atomic E-state index is 0.0994. The van der Waals surface area contributed by atoms with Gasteiger partial charge in [-0.1, -0.05) is 0 Å². The second-order valence-corrected chi connectivity index (χ2v) is 3.70. The summed E-state index contributed by atoms with van der Waals surface area (Å²) in [5, 5.41) is 8.89. The smallest absolute Gasteiger partial charge is 0.148 e. The zero-order chi connectivity index (χ0) is 12.3. The van der Waals surface area contributed by atoms with E-state index < -0.39 is 5.82 Å². The van der Waals surface area contributed by atoms with Crippen molar-refractivity contribution < 1.29 is 18.6 Å². The third-order valence-electron chi connectivity index (χ3n) is 2.56. The van der Waals surface area contributed by atoms with Crippen molar-refractivity contribution in [2.24, 2.45) is 0 Å². The van der Waals surface area contributed by atoms with Crippen molar-refractivity contribution in [1.82, 2.24) is 0 Å². The molecular formula is C12H12FNO3. The summed E-state index contributed by atoms with van der Waals surface area (Å²) in [5.74, 6) is -0.101. The van der Waals surface area contributed by atoms with Gasteiger partial charge in [-0.05, 0) is 0 Å². The largest absolute Gasteiger partial charge is 0.497 e. The van der Waals surface area contributed by atoms with Crippen molar-refractivity contribution >= 4 is 0 Å². The summed E-state index contributed by atoms with van der Waals surface area (Å²) in [4.78, 5) is 0. The lowest BCUT2D eigenvalue weighted by Gasteiger charge is -2.14. The van der Waals surface area contributed by atoms with E-state index in [4.69, 9.17) is 19.5 Å². The van der Waals surface area contributed by atoms with Crippen molar-refractivity contribution in [2.45, 2.75) is 12.5 Å². The van der Waals surface area contributed by atoms with Crippen molar-refractivity contribution in [3.8, 4) is 17.6 Å². The van der Waals surface area contributed by atoms with Crippen LogP contribution in [0.2, 0.25) is 0 Å². The molecule has 1 aliphatic rings. The highest BCUT2D eigenvalue weighted by Gasteiger charge is 2.21. The Balaban J connectivity index is 2.29. The van der Waals surface area contributed by atoms with Crippen LogP contribution in [0.1, 0.15) is 12.0 Å². The molecule has 90 valence electrons. The summed E-state index contributed by atoms with van der Waals surface area (Å²) in [6, 6.07) is 4.47. The lowest BCUT2D eigenvalue weighted by Crippen LogP contribution is -2.16. The van der Waals surface area contributed by atoms with Crippen molar-refractivity contribution in [2.75, 3.05) is 20.3 Å². The summed E-state index contributed by atoms with van der Waals surface area (Å²) >= 11 is 0. The highest BCUT2D eigenvalue weighted by atomic mass is 19.1. The number of methoxy groups -OCH3 is 1. The lowest BCUT2D eigenvalue weighted by molar-refractivity contribution is 0.140. The van der Waals surface area contributed by atoms with Gasteiger partial charge in [0.15, 0.2) is 0 Å². The first kappa shape index (κ1) is 11.7. The molecule has 4 nitrogen and oxygen atoms in total. The monoisotopic (exact) mass is 237 g/mol. The number of rotatable bonds is 3. The van der Waals surface area contributed by atoms with Gasteiger partial charge in [0.2, 0.25) is 0 Å². The molecule has 1 aromatic rings. The molecule has 0 bridgehead atoms. The fourth-order valence-electron chi connectivity index (χ4n) is 1.66. The van der Waals surface area contributed by atoms with Crippen LogP contribution in [-0.2, 0) is 4.74 Å². The maximum Gasteiger partial charge on any atom is 0.148 e. The van der Waals surface area contributed by atoms with Crippen LogP contribution in [0.3, 0.4) is 0 Å². The lowest BCUT2D eigenvalue weighted by atomic mass is 10.2. The fourth-order valence-corrected chi connectivity index (χ4v) is 1.66. The first-order valence-corrected chi connectivity index (χ1v) is 5.26. The molecule has 1 unspecified atom stereocenters. The van der Waals surface area contributed by atoms with E-state index in [1.54, 1.807) is 6.07 Å². The Hall–Kier alpha value is -1.80. The Labute approximate surface area is 98.5 Å². The number of nitriles is 1. The van der Waals surface area contributed by atoms with E-state index in [2.05, 4.69) is 0 Å². The van der Waals surface area contributed by atoms with Crippen molar-refractivity contribution in [3.05, 3.63) is 23.5 Å². The third-order valence-corrected chi connectivity index (χ3v) is 2.56. The van der Waals surface area contributed by atoms with Crippen LogP contribution in [0.5, 0.6) is 11.5 Å². The van der Waals surface area contributed by atoms with E-state index in [-0.39, 0.29) is 17.4 Å². The molecule has 2 rings (SSSR count). The van der Waals surface area contributed by atoms with Gasteiger partial charge in [0.05, 0.1) is 20.3 Å². The van der Waals surface area contributed by atoms with Crippen LogP contribution in [0.25, 0.3) is 0 Å². The highest BCUT2D eigenvalue weighted by Crippen LogP contribution is 2.29. The molecule has 0 amide bonds. The minimum atomic E-state index is -0.638. The van der Waals surface area contributed by atoms with Gasteiger partial charge in [0, 0.05) is 18.6 Å². The van der Waals surface area contributed by atoms with E-state index in [1.165, 1.54) is 13.2 Å². The average Bonchev–Trinajstić information content (AvgIpc) is 2.81. The molecule has 1 saturated heterocycles. The second-order valence-electron chi connectivity index (χ2n) is 3.70. The Bertz CT molecular complexity index is 450. The van der Waals surface area contributed by atoms with Gasteiger partial charge in [-0.3, -0.25) is 0 Å². The normalized spacial score (nSPS) is 18.8. The molecule has 1 heterocycles. The zero-order valence-electron chi connectivity index (χ0n) is 9.40. The first-order valence-electron chi connectivity index (χ1n) is 5.26. The van der Waals surface area contributed by atoms with Crippen LogP contribution >= 0.6 is 0 Å². The number of nitrogens with zero attached hydrogens (tertiary/aromatic N) is 1. The summed E-state index contributed by atoms with van der Waals surface area (Å²) in [5.41, 5.74) is -0.0994. The van der Waals surface area contributed by atoms with Crippen molar-refractivity contribution in [3.63, 3.8) is 0 Å². The van der Waals surface area contributed by atoms with Gasteiger partial charge in [0.25, 0.3) is 0 Å². The van der Waals surface area contributed by atoms with Gasteiger partial charge in [-0.25, -0.2) is 4.39 Å². The molecule has 0 aliphatic carbocycles. The SMILES string of the molecule is COc1cc(F)c(C#N)c(OC2CCOC2)c1. The molecule has 1 aliphatic heterocycles. The third kappa shape index (κ3) is 2.48. The van der Waals surface area contributed by atoms with Crippen LogP contribution in [0.4, 0.5) is 4.39 Å². The number of ether oxygens (including phenoxy) is 3. The Morgan fingerprint density at radius 2 is 2.35 bits per heavy atom. The van der Waals surface area contributed by atoms with Crippen LogP contribution in [0, 0.1) is 17.1 Å². The predicted octanol–water partition coefficient (Wildman–Crippen LogP) is 1.87. The molecule has 0 N–H and O–H groups in total. The molecule has 1 fully saturated rings. The summed E-state index contributed by atoms with van der Waals surface area (Å²) < 4.78 is 29.2. The molecule has 0 aromatic heterocycles. The second kappa shape index (κ2) is 5.02. The number of hydrogen-bond acceptors (Lipinski definition) is 4. The van der Waals surface area contributed by atoms with Crippen molar-refractivity contribution in [1.29, 1.82) is 5.26 Å². The number of halogens is 1. The summed E-state index contributed by atoms with van der Waals surface area (Å²) in [6.45, 7) is 1.09. The van der Waals surface area contributed by atoms with E-state index in [0.29, 0.717) is 19.0 Å². The maximum absolute atomic E-state index is 13.6. The quantitative estimate of drug-likeness (QED) is 0.805. The van der Waals surface area contributed by atoms with Gasteiger partial charge < -0.3 is 14.2 Å². The maximum atomic E-state index is 13.6. The molecule has 1 aromatic carbocycles. The van der Waals surface area contributed by atoms with Gasteiger partial charge in [-0.15, -0.1) is 0 Å². The van der Waals surface area contributed by atoms with Crippen LogP contribution in [0.15, 0.2) is 12.1 Å². The zero-order valence-corrected chi connectivity index (χ0v) is 9.40.